The van der Waals surface area contributed by atoms with E-state index in [1.807, 2.05) is 30.3 Å². The summed E-state index contributed by atoms with van der Waals surface area (Å²) in [5, 5.41) is 25.4. The fraction of sp³-hybridized carbons (Fsp3) is 0.421. The molecular formula is C19H26N6O4. The zero-order valence-electron chi connectivity index (χ0n) is 16.5. The van der Waals surface area contributed by atoms with E-state index in [-0.39, 0.29) is 30.9 Å². The molecule has 3 rings (SSSR count). The second-order valence-electron chi connectivity index (χ2n) is 6.84. The topological polar surface area (TPSA) is 126 Å². The molecule has 1 aromatic carbocycles. The maximum Gasteiger partial charge on any atom is 0.332 e. The van der Waals surface area contributed by atoms with E-state index >= 15 is 0 Å². The number of hydrogen-bond acceptors (Lipinski definition) is 7. The van der Waals surface area contributed by atoms with Gasteiger partial charge in [-0.05, 0) is 5.56 Å². The Hall–Kier alpha value is -2.95. The zero-order valence-corrected chi connectivity index (χ0v) is 16.5. The molecule has 3 aromatic rings. The molecule has 1 unspecified atom stereocenters. The number of aliphatic hydroxyl groups excluding tert-OH is 2. The summed E-state index contributed by atoms with van der Waals surface area (Å²) in [6.07, 6.45) is -0.821. The van der Waals surface area contributed by atoms with Crippen molar-refractivity contribution in [2.24, 2.45) is 14.1 Å². The van der Waals surface area contributed by atoms with Crippen LogP contribution in [-0.2, 0) is 27.2 Å². The maximum atomic E-state index is 12.8. The van der Waals surface area contributed by atoms with Gasteiger partial charge in [-0.2, -0.15) is 4.98 Å². The van der Waals surface area contributed by atoms with Gasteiger partial charge in [-0.3, -0.25) is 13.9 Å². The predicted molar refractivity (Wildman–Crippen MR) is 110 cm³/mol. The highest BCUT2D eigenvalue weighted by molar-refractivity contribution is 5.74. The Morgan fingerprint density at radius 2 is 1.86 bits per heavy atom. The van der Waals surface area contributed by atoms with Crippen molar-refractivity contribution in [3.63, 3.8) is 0 Å². The first-order valence-electron chi connectivity index (χ1n) is 9.37. The fourth-order valence-electron chi connectivity index (χ4n) is 3.16. The Labute approximate surface area is 167 Å². The van der Waals surface area contributed by atoms with Crippen LogP contribution in [0.1, 0.15) is 5.56 Å². The zero-order chi connectivity index (χ0) is 21.0. The predicted octanol–water partition coefficient (Wildman–Crippen LogP) is -1.01. The van der Waals surface area contributed by atoms with Crippen LogP contribution in [0.4, 0.5) is 5.95 Å². The third kappa shape index (κ3) is 4.39. The lowest BCUT2D eigenvalue weighted by atomic mass is 10.2. The number of rotatable bonds is 9. The summed E-state index contributed by atoms with van der Waals surface area (Å²) in [6, 6.07) is 9.70. The molecule has 156 valence electrons. The molecule has 0 amide bonds. The Balaban J connectivity index is 2.01. The third-order valence-electron chi connectivity index (χ3n) is 4.70. The number of imidazole rings is 1. The van der Waals surface area contributed by atoms with Crippen molar-refractivity contribution < 1.29 is 10.2 Å². The summed E-state index contributed by atoms with van der Waals surface area (Å²) in [5.41, 5.74) is 0.583. The van der Waals surface area contributed by atoms with Crippen LogP contribution in [0.5, 0.6) is 0 Å². The first-order chi connectivity index (χ1) is 13.9. The number of hydrogen-bond donors (Lipinski definition) is 4. The van der Waals surface area contributed by atoms with Gasteiger partial charge in [0.15, 0.2) is 11.2 Å². The van der Waals surface area contributed by atoms with Crippen LogP contribution >= 0.6 is 0 Å². The second kappa shape index (κ2) is 9.03. The summed E-state index contributed by atoms with van der Waals surface area (Å²) < 4.78 is 3.94. The molecule has 0 fully saturated rings. The highest BCUT2D eigenvalue weighted by Gasteiger charge is 2.20. The molecule has 0 saturated carbocycles. The number of aromatic nitrogens is 4. The van der Waals surface area contributed by atoms with E-state index in [0.29, 0.717) is 19.0 Å². The summed E-state index contributed by atoms with van der Waals surface area (Å²) >= 11 is 0. The molecule has 0 aliphatic heterocycles. The molecule has 0 spiro atoms. The minimum absolute atomic E-state index is 0.0345. The van der Waals surface area contributed by atoms with E-state index in [1.165, 1.54) is 11.6 Å². The molecule has 2 aromatic heterocycles. The lowest BCUT2D eigenvalue weighted by Crippen LogP contribution is -2.38. The summed E-state index contributed by atoms with van der Waals surface area (Å²) in [5.74, 6) is 0.392. The molecule has 1 atom stereocenters. The molecule has 0 radical (unpaired) electrons. The van der Waals surface area contributed by atoms with Crippen LogP contribution in [0, 0.1) is 0 Å². The molecule has 0 bridgehead atoms. The van der Waals surface area contributed by atoms with Gasteiger partial charge >= 0.3 is 5.69 Å². The molecule has 10 nitrogen and oxygen atoms in total. The Morgan fingerprint density at radius 1 is 1.14 bits per heavy atom. The highest BCUT2D eigenvalue weighted by atomic mass is 16.3. The minimum atomic E-state index is -0.821. The van der Waals surface area contributed by atoms with Gasteiger partial charge in [-0.15, -0.1) is 0 Å². The molecular weight excluding hydrogens is 376 g/mol. The van der Waals surface area contributed by atoms with Crippen LogP contribution in [0.3, 0.4) is 0 Å². The third-order valence-corrected chi connectivity index (χ3v) is 4.70. The lowest BCUT2D eigenvalue weighted by Gasteiger charge is -2.16. The smallest absolute Gasteiger partial charge is 0.332 e. The minimum Gasteiger partial charge on any atom is -0.395 e. The van der Waals surface area contributed by atoms with Crippen molar-refractivity contribution in [3.05, 3.63) is 56.7 Å². The molecule has 4 N–H and O–H groups in total. The average molecular weight is 402 g/mol. The molecule has 2 heterocycles. The van der Waals surface area contributed by atoms with Crippen molar-refractivity contribution in [1.29, 1.82) is 0 Å². The van der Waals surface area contributed by atoms with E-state index in [2.05, 4.69) is 15.6 Å². The van der Waals surface area contributed by atoms with Crippen molar-refractivity contribution in [2.45, 2.75) is 19.2 Å². The largest absolute Gasteiger partial charge is 0.395 e. The SMILES string of the molecule is Cn1c(=O)c2c(nc(NCc3ccccc3)n2CC(O)CNCCO)n(C)c1=O. The van der Waals surface area contributed by atoms with E-state index in [9.17, 15) is 14.7 Å². The van der Waals surface area contributed by atoms with Crippen LogP contribution in [-0.4, -0.2) is 54.7 Å². The van der Waals surface area contributed by atoms with Crippen LogP contribution in [0.15, 0.2) is 39.9 Å². The van der Waals surface area contributed by atoms with Gasteiger partial charge in [0.2, 0.25) is 5.95 Å². The quantitative estimate of drug-likeness (QED) is 0.338. The normalized spacial score (nSPS) is 12.4. The van der Waals surface area contributed by atoms with Gasteiger partial charge < -0.3 is 25.4 Å². The number of anilines is 1. The van der Waals surface area contributed by atoms with Gasteiger partial charge in [0, 0.05) is 33.7 Å². The van der Waals surface area contributed by atoms with Gasteiger partial charge in [0.05, 0.1) is 19.3 Å². The average Bonchev–Trinajstić information content (AvgIpc) is 3.08. The van der Waals surface area contributed by atoms with Crippen molar-refractivity contribution in [2.75, 3.05) is 25.0 Å². The van der Waals surface area contributed by atoms with Gasteiger partial charge in [-0.1, -0.05) is 30.3 Å². The maximum absolute atomic E-state index is 12.8. The van der Waals surface area contributed by atoms with E-state index in [4.69, 9.17) is 5.11 Å². The standard InChI is InChI=1S/C19H26N6O4/c1-23-16-15(17(28)24(2)19(23)29)25(12-14(27)11-20-8-9-26)18(22-16)21-10-13-6-4-3-5-7-13/h3-7,14,20,26-27H,8-12H2,1-2H3,(H,21,22). The highest BCUT2D eigenvalue weighted by Crippen LogP contribution is 2.17. The summed E-state index contributed by atoms with van der Waals surface area (Å²) in [4.78, 5) is 29.5. The number of aryl methyl sites for hydroxylation is 1. The summed E-state index contributed by atoms with van der Waals surface area (Å²) in [6.45, 7) is 1.13. The number of nitrogens with zero attached hydrogens (tertiary/aromatic N) is 4. The number of aliphatic hydroxyl groups is 2. The van der Waals surface area contributed by atoms with Crippen LogP contribution < -0.4 is 21.9 Å². The van der Waals surface area contributed by atoms with Gasteiger partial charge in [0.1, 0.15) is 0 Å². The van der Waals surface area contributed by atoms with Crippen molar-refractivity contribution in [3.8, 4) is 0 Å². The van der Waals surface area contributed by atoms with Crippen molar-refractivity contribution >= 4 is 17.1 Å². The molecule has 29 heavy (non-hydrogen) atoms. The first kappa shape index (κ1) is 20.8. The first-order valence-corrected chi connectivity index (χ1v) is 9.37. The second-order valence-corrected chi connectivity index (χ2v) is 6.84. The Bertz CT molecular complexity index is 1090. The van der Waals surface area contributed by atoms with E-state index < -0.39 is 17.4 Å². The molecule has 0 aliphatic rings. The lowest BCUT2D eigenvalue weighted by molar-refractivity contribution is 0.150. The van der Waals surface area contributed by atoms with E-state index in [1.54, 1.807) is 11.6 Å². The van der Waals surface area contributed by atoms with Crippen LogP contribution in [0.2, 0.25) is 0 Å². The van der Waals surface area contributed by atoms with Crippen LogP contribution in [0.25, 0.3) is 11.2 Å². The summed E-state index contributed by atoms with van der Waals surface area (Å²) in [7, 11) is 2.97. The van der Waals surface area contributed by atoms with Crippen molar-refractivity contribution in [1.82, 2.24) is 24.0 Å². The van der Waals surface area contributed by atoms with E-state index in [0.717, 1.165) is 10.1 Å². The Kier molecular flexibility index (Phi) is 6.47. The molecule has 10 heteroatoms. The fourth-order valence-corrected chi connectivity index (χ4v) is 3.16. The number of nitrogens with one attached hydrogen (secondary N) is 2. The number of fused-ring (bicyclic) bond motifs is 1. The molecule has 0 aliphatic carbocycles. The van der Waals surface area contributed by atoms with Gasteiger partial charge in [0.25, 0.3) is 5.56 Å². The number of benzene rings is 1. The van der Waals surface area contributed by atoms with Gasteiger partial charge in [-0.25, -0.2) is 4.79 Å². The molecule has 0 saturated heterocycles. The monoisotopic (exact) mass is 402 g/mol. The Morgan fingerprint density at radius 3 is 2.55 bits per heavy atom.